The van der Waals surface area contributed by atoms with Gasteiger partial charge >= 0.3 is 5.97 Å². The van der Waals surface area contributed by atoms with E-state index < -0.39 is 10.9 Å². The Labute approximate surface area is 175 Å². The predicted molar refractivity (Wildman–Crippen MR) is 113 cm³/mol. The van der Waals surface area contributed by atoms with Gasteiger partial charge in [-0.25, -0.2) is 9.78 Å². The van der Waals surface area contributed by atoms with Crippen molar-refractivity contribution < 1.29 is 14.5 Å². The van der Waals surface area contributed by atoms with Crippen molar-refractivity contribution in [1.29, 1.82) is 0 Å². The van der Waals surface area contributed by atoms with Crippen LogP contribution in [-0.4, -0.2) is 23.0 Å². The number of nitrogens with one attached hydrogen (secondary N) is 2. The summed E-state index contributed by atoms with van der Waals surface area (Å²) in [6.07, 6.45) is 1.74. The number of aromatic nitrogens is 1. The third kappa shape index (κ3) is 5.43. The van der Waals surface area contributed by atoms with E-state index in [1.807, 2.05) is 24.3 Å². The first-order chi connectivity index (χ1) is 14.0. The molecule has 2 aromatic carbocycles. The van der Waals surface area contributed by atoms with E-state index in [1.54, 1.807) is 6.20 Å². The summed E-state index contributed by atoms with van der Waals surface area (Å²) in [5.41, 5.74) is 2.33. The molecular formula is C19H17ClN4O4S. The highest BCUT2D eigenvalue weighted by atomic mass is 35.5. The number of thiazole rings is 1. The van der Waals surface area contributed by atoms with Gasteiger partial charge in [0.15, 0.2) is 4.47 Å². The molecule has 0 aliphatic heterocycles. The molecule has 0 saturated carbocycles. The number of methoxy groups -OCH3 is 1. The normalized spacial score (nSPS) is 10.4. The molecule has 0 atom stereocenters. The molecule has 10 heteroatoms. The lowest BCUT2D eigenvalue weighted by molar-refractivity contribution is -0.384. The van der Waals surface area contributed by atoms with E-state index in [9.17, 15) is 14.9 Å². The maximum absolute atomic E-state index is 12.0. The fourth-order valence-corrected chi connectivity index (χ4v) is 3.49. The second-order valence-corrected chi connectivity index (χ2v) is 7.66. The Balaban J connectivity index is 1.63. The van der Waals surface area contributed by atoms with E-state index in [-0.39, 0.29) is 11.3 Å². The summed E-state index contributed by atoms with van der Waals surface area (Å²) in [5, 5.41) is 17.4. The average molecular weight is 433 g/mol. The molecule has 1 aromatic heterocycles. The highest BCUT2D eigenvalue weighted by molar-refractivity contribution is 7.15. The first kappa shape index (κ1) is 20.6. The summed E-state index contributed by atoms with van der Waals surface area (Å²) in [6.45, 7) is 1.07. The second kappa shape index (κ2) is 9.35. The molecule has 0 aliphatic carbocycles. The minimum Gasteiger partial charge on any atom is -0.465 e. The quantitative estimate of drug-likeness (QED) is 0.301. The Morgan fingerprint density at radius 2 is 1.97 bits per heavy atom. The fourth-order valence-electron chi connectivity index (χ4n) is 2.57. The lowest BCUT2D eigenvalue weighted by atomic mass is 10.1. The second-order valence-electron chi connectivity index (χ2n) is 5.96. The van der Waals surface area contributed by atoms with Gasteiger partial charge in [-0.05, 0) is 23.8 Å². The summed E-state index contributed by atoms with van der Waals surface area (Å²) in [7, 11) is 1.23. The first-order valence-corrected chi connectivity index (χ1v) is 9.69. The molecule has 0 amide bonds. The third-order valence-corrected chi connectivity index (χ3v) is 5.16. The van der Waals surface area contributed by atoms with Crippen molar-refractivity contribution in [3.05, 3.63) is 79.2 Å². The van der Waals surface area contributed by atoms with E-state index >= 15 is 0 Å². The van der Waals surface area contributed by atoms with Gasteiger partial charge in [0.1, 0.15) is 0 Å². The molecule has 0 saturated heterocycles. The van der Waals surface area contributed by atoms with Crippen LogP contribution in [0.3, 0.4) is 0 Å². The highest BCUT2D eigenvalue weighted by Crippen LogP contribution is 2.24. The molecule has 0 radical (unpaired) electrons. The fraction of sp³-hybridized carbons (Fsp3) is 0.158. The van der Waals surface area contributed by atoms with E-state index in [2.05, 4.69) is 15.6 Å². The molecule has 0 spiro atoms. The molecule has 29 heavy (non-hydrogen) atoms. The third-order valence-electron chi connectivity index (χ3n) is 4.05. The van der Waals surface area contributed by atoms with Crippen LogP contribution in [0.25, 0.3) is 0 Å². The average Bonchev–Trinajstić information content (AvgIpc) is 3.15. The number of esters is 1. The van der Waals surface area contributed by atoms with Crippen molar-refractivity contribution in [3.63, 3.8) is 0 Å². The number of hydrogen-bond donors (Lipinski definition) is 2. The van der Waals surface area contributed by atoms with E-state index in [0.717, 1.165) is 16.1 Å². The number of ether oxygens (including phenoxy) is 1. The SMILES string of the molecule is COC(=O)c1cc([N+](=O)[O-])ccc1NCc1ccc(NCc2cnc(Cl)s2)cc1. The van der Waals surface area contributed by atoms with Crippen LogP contribution in [0.1, 0.15) is 20.8 Å². The smallest absolute Gasteiger partial charge is 0.340 e. The van der Waals surface area contributed by atoms with Crippen LogP contribution in [0, 0.1) is 10.1 Å². The van der Waals surface area contributed by atoms with Gasteiger partial charge in [-0.3, -0.25) is 10.1 Å². The Hall–Kier alpha value is -3.17. The van der Waals surface area contributed by atoms with E-state index in [1.165, 1.54) is 36.6 Å². The van der Waals surface area contributed by atoms with Crippen molar-refractivity contribution in [2.45, 2.75) is 13.1 Å². The van der Waals surface area contributed by atoms with Gasteiger partial charge in [0.2, 0.25) is 0 Å². The molecule has 1 heterocycles. The van der Waals surface area contributed by atoms with Crippen LogP contribution in [0.2, 0.25) is 4.47 Å². The molecule has 3 aromatic rings. The van der Waals surface area contributed by atoms with Gasteiger partial charge in [-0.15, -0.1) is 11.3 Å². The summed E-state index contributed by atoms with van der Waals surface area (Å²) >= 11 is 7.25. The van der Waals surface area contributed by atoms with Crippen LogP contribution in [0.15, 0.2) is 48.7 Å². The number of halogens is 1. The molecule has 8 nitrogen and oxygen atoms in total. The number of carbonyl (C=O) groups excluding carboxylic acids is 1. The number of hydrogen-bond acceptors (Lipinski definition) is 8. The summed E-state index contributed by atoms with van der Waals surface area (Å²) in [6, 6.07) is 11.8. The van der Waals surface area contributed by atoms with E-state index in [4.69, 9.17) is 16.3 Å². The van der Waals surface area contributed by atoms with Crippen LogP contribution >= 0.6 is 22.9 Å². The lowest BCUT2D eigenvalue weighted by Gasteiger charge is -2.11. The minimum absolute atomic E-state index is 0.114. The molecule has 150 valence electrons. The van der Waals surface area contributed by atoms with E-state index in [0.29, 0.717) is 23.2 Å². The van der Waals surface area contributed by atoms with Crippen LogP contribution in [0.5, 0.6) is 0 Å². The lowest BCUT2D eigenvalue weighted by Crippen LogP contribution is -2.09. The number of nitrogens with zero attached hydrogens (tertiary/aromatic N) is 2. The maximum Gasteiger partial charge on any atom is 0.340 e. The standard InChI is InChI=1S/C19H17ClN4O4S/c1-28-18(25)16-8-14(24(26)27)6-7-17(16)22-9-12-2-4-13(5-3-12)21-10-15-11-23-19(20)29-15/h2-8,11,21-22H,9-10H2,1H3. The molecule has 0 bridgehead atoms. The predicted octanol–water partition coefficient (Wildman–Crippen LogP) is 4.72. The van der Waals surface area contributed by atoms with Gasteiger partial charge in [-0.2, -0.15) is 0 Å². The summed E-state index contributed by atoms with van der Waals surface area (Å²) in [4.78, 5) is 27.4. The van der Waals surface area contributed by atoms with Crippen molar-refractivity contribution in [2.24, 2.45) is 0 Å². The number of carbonyl (C=O) groups is 1. The largest absolute Gasteiger partial charge is 0.465 e. The van der Waals surface area contributed by atoms with Crippen molar-refractivity contribution in [2.75, 3.05) is 17.7 Å². The number of benzene rings is 2. The molecule has 2 N–H and O–H groups in total. The highest BCUT2D eigenvalue weighted by Gasteiger charge is 2.17. The topological polar surface area (TPSA) is 106 Å². The molecular weight excluding hydrogens is 416 g/mol. The van der Waals surface area contributed by atoms with Gasteiger partial charge in [-0.1, -0.05) is 23.7 Å². The Kier molecular flexibility index (Phi) is 6.63. The Morgan fingerprint density at radius 1 is 1.21 bits per heavy atom. The van der Waals surface area contributed by atoms with Crippen LogP contribution in [0.4, 0.5) is 17.1 Å². The summed E-state index contributed by atoms with van der Waals surface area (Å²) in [5.74, 6) is -0.640. The van der Waals surface area contributed by atoms with Crippen LogP contribution in [-0.2, 0) is 17.8 Å². The zero-order valence-corrected chi connectivity index (χ0v) is 16.9. The minimum atomic E-state index is -0.640. The Bertz CT molecular complexity index is 1020. The van der Waals surface area contributed by atoms with Crippen molar-refractivity contribution in [1.82, 2.24) is 4.98 Å². The van der Waals surface area contributed by atoms with Crippen molar-refractivity contribution in [3.8, 4) is 0 Å². The van der Waals surface area contributed by atoms with Crippen LogP contribution < -0.4 is 10.6 Å². The van der Waals surface area contributed by atoms with Crippen molar-refractivity contribution >= 4 is 46.0 Å². The molecule has 0 unspecified atom stereocenters. The summed E-state index contributed by atoms with van der Waals surface area (Å²) < 4.78 is 5.24. The number of non-ortho nitro benzene ring substituents is 1. The number of rotatable bonds is 8. The zero-order chi connectivity index (χ0) is 20.8. The molecule has 0 fully saturated rings. The van der Waals surface area contributed by atoms with Gasteiger partial charge < -0.3 is 15.4 Å². The first-order valence-electron chi connectivity index (χ1n) is 8.50. The number of nitro benzene ring substituents is 1. The van der Waals surface area contributed by atoms with Gasteiger partial charge in [0, 0.05) is 41.1 Å². The van der Waals surface area contributed by atoms with Gasteiger partial charge in [0.25, 0.3) is 5.69 Å². The Morgan fingerprint density at radius 3 is 2.59 bits per heavy atom. The zero-order valence-electron chi connectivity index (χ0n) is 15.3. The number of anilines is 2. The number of nitro groups is 1. The maximum atomic E-state index is 12.0. The van der Waals surface area contributed by atoms with Gasteiger partial charge in [0.05, 0.1) is 24.1 Å². The molecule has 0 aliphatic rings. The monoisotopic (exact) mass is 432 g/mol. The molecule has 3 rings (SSSR count).